The van der Waals surface area contributed by atoms with E-state index in [-0.39, 0.29) is 5.69 Å². The van der Waals surface area contributed by atoms with Crippen LogP contribution in [0.2, 0.25) is 0 Å². The Morgan fingerprint density at radius 1 is 1.09 bits per heavy atom. The van der Waals surface area contributed by atoms with Gasteiger partial charge in [-0.3, -0.25) is 4.57 Å². The van der Waals surface area contributed by atoms with Gasteiger partial charge in [-0.15, -0.1) is 0 Å². The predicted octanol–water partition coefficient (Wildman–Crippen LogP) is 4.52. The zero-order chi connectivity index (χ0) is 23.2. The highest BCUT2D eigenvalue weighted by molar-refractivity contribution is 9.10. The van der Waals surface area contributed by atoms with Crippen molar-refractivity contribution < 1.29 is 4.74 Å². The van der Waals surface area contributed by atoms with Gasteiger partial charge in [-0.1, -0.05) is 46.3 Å². The maximum Gasteiger partial charge on any atom is 0.346 e. The van der Waals surface area contributed by atoms with Gasteiger partial charge in [0.25, 0.3) is 0 Å². The molecule has 0 radical (unpaired) electrons. The van der Waals surface area contributed by atoms with Crippen molar-refractivity contribution in [1.29, 1.82) is 0 Å². The van der Waals surface area contributed by atoms with E-state index in [1.807, 2.05) is 50.2 Å². The molecule has 0 unspecified atom stereocenters. The van der Waals surface area contributed by atoms with Crippen molar-refractivity contribution in [2.75, 3.05) is 26.2 Å². The second kappa shape index (κ2) is 11.2. The van der Waals surface area contributed by atoms with E-state index in [1.54, 1.807) is 9.25 Å². The molecule has 0 bridgehead atoms. The fourth-order valence-electron chi connectivity index (χ4n) is 4.57. The van der Waals surface area contributed by atoms with Gasteiger partial charge in [-0.05, 0) is 81.4 Å². The van der Waals surface area contributed by atoms with Crippen molar-refractivity contribution >= 4 is 15.9 Å². The molecule has 0 N–H and O–H groups in total. The van der Waals surface area contributed by atoms with Crippen molar-refractivity contribution in [1.82, 2.24) is 19.2 Å². The van der Waals surface area contributed by atoms with Gasteiger partial charge in [-0.25, -0.2) is 9.48 Å². The number of likely N-dealkylation sites (tertiary alicyclic amines) is 1. The average molecular weight is 513 g/mol. The Morgan fingerprint density at radius 2 is 1.85 bits per heavy atom. The maximum atomic E-state index is 12.9. The van der Waals surface area contributed by atoms with Gasteiger partial charge in [0.2, 0.25) is 0 Å². The summed E-state index contributed by atoms with van der Waals surface area (Å²) in [5.41, 5.74) is 2.42. The van der Waals surface area contributed by atoms with Crippen LogP contribution in [-0.2, 0) is 19.5 Å². The molecular weight excluding hydrogens is 480 g/mol. The monoisotopic (exact) mass is 512 g/mol. The molecule has 4 rings (SSSR count). The second-order valence-electron chi connectivity index (χ2n) is 8.80. The first-order chi connectivity index (χ1) is 16.0. The number of ether oxygens (including phenoxy) is 1. The normalized spacial score (nSPS) is 15.1. The highest BCUT2D eigenvalue weighted by Gasteiger charge is 2.21. The van der Waals surface area contributed by atoms with Gasteiger partial charge in [0, 0.05) is 11.0 Å². The van der Waals surface area contributed by atoms with Gasteiger partial charge in [-0.2, -0.15) is 5.10 Å². The lowest BCUT2D eigenvalue weighted by Crippen LogP contribution is -2.38. The predicted molar refractivity (Wildman–Crippen MR) is 135 cm³/mol. The molecule has 0 aliphatic carbocycles. The third-order valence-corrected chi connectivity index (χ3v) is 7.24. The molecular formula is C26H33BrN4O2. The van der Waals surface area contributed by atoms with Gasteiger partial charge < -0.3 is 9.64 Å². The molecule has 1 fully saturated rings. The SMILES string of the molecule is CCOc1ccc(Br)c(CC2CCN(CCn3nc(C)n(Cc4ccccc4)c3=O)CC2)c1. The summed E-state index contributed by atoms with van der Waals surface area (Å²) in [4.78, 5) is 15.3. The van der Waals surface area contributed by atoms with E-state index in [4.69, 9.17) is 4.74 Å². The molecule has 1 aromatic heterocycles. The van der Waals surface area contributed by atoms with Crippen LogP contribution < -0.4 is 10.4 Å². The first-order valence-corrected chi connectivity index (χ1v) is 12.6. The number of hydrogen-bond acceptors (Lipinski definition) is 4. The molecule has 1 aliphatic heterocycles. The zero-order valence-corrected chi connectivity index (χ0v) is 21.1. The summed E-state index contributed by atoms with van der Waals surface area (Å²) in [6, 6.07) is 16.3. The molecule has 0 spiro atoms. The van der Waals surface area contributed by atoms with Crippen molar-refractivity contribution in [3.63, 3.8) is 0 Å². The molecule has 7 heteroatoms. The average Bonchev–Trinajstić information content (AvgIpc) is 3.09. The number of piperidine rings is 1. The van der Waals surface area contributed by atoms with Crippen LogP contribution in [0.3, 0.4) is 0 Å². The van der Waals surface area contributed by atoms with Gasteiger partial charge in [0.15, 0.2) is 0 Å². The third kappa shape index (κ3) is 6.15. The van der Waals surface area contributed by atoms with Crippen LogP contribution in [0.15, 0.2) is 57.8 Å². The molecule has 6 nitrogen and oxygen atoms in total. The van der Waals surface area contributed by atoms with Crippen molar-refractivity contribution in [2.45, 2.75) is 46.2 Å². The van der Waals surface area contributed by atoms with E-state index in [1.165, 1.54) is 18.4 Å². The van der Waals surface area contributed by atoms with Crippen LogP contribution in [0.1, 0.15) is 36.7 Å². The molecule has 0 amide bonds. The summed E-state index contributed by atoms with van der Waals surface area (Å²) >= 11 is 3.70. The first-order valence-electron chi connectivity index (χ1n) is 11.8. The largest absolute Gasteiger partial charge is 0.494 e. The summed E-state index contributed by atoms with van der Waals surface area (Å²) < 4.78 is 10.2. The quantitative estimate of drug-likeness (QED) is 0.423. The van der Waals surface area contributed by atoms with Crippen LogP contribution in [0.4, 0.5) is 0 Å². The summed E-state index contributed by atoms with van der Waals surface area (Å²) in [7, 11) is 0. The molecule has 2 heterocycles. The first kappa shape index (κ1) is 23.8. The third-order valence-electron chi connectivity index (χ3n) is 6.46. The molecule has 33 heavy (non-hydrogen) atoms. The lowest BCUT2D eigenvalue weighted by Gasteiger charge is -2.32. The molecule has 0 atom stereocenters. The van der Waals surface area contributed by atoms with E-state index in [2.05, 4.69) is 38.1 Å². The minimum Gasteiger partial charge on any atom is -0.494 e. The van der Waals surface area contributed by atoms with Crippen LogP contribution >= 0.6 is 15.9 Å². The Hall–Kier alpha value is -2.38. The Morgan fingerprint density at radius 3 is 2.58 bits per heavy atom. The van der Waals surface area contributed by atoms with Crippen LogP contribution in [-0.4, -0.2) is 45.5 Å². The number of aromatic nitrogens is 3. The van der Waals surface area contributed by atoms with Gasteiger partial charge in [0.1, 0.15) is 11.6 Å². The molecule has 3 aromatic rings. The highest BCUT2D eigenvalue weighted by Crippen LogP contribution is 2.28. The highest BCUT2D eigenvalue weighted by atomic mass is 79.9. The Bertz CT molecular complexity index is 1100. The van der Waals surface area contributed by atoms with E-state index in [9.17, 15) is 4.79 Å². The lowest BCUT2D eigenvalue weighted by atomic mass is 9.90. The number of nitrogens with zero attached hydrogens (tertiary/aromatic N) is 4. The van der Waals surface area contributed by atoms with E-state index in [0.717, 1.165) is 47.7 Å². The summed E-state index contributed by atoms with van der Waals surface area (Å²) in [5, 5.41) is 4.52. The fourth-order valence-corrected chi connectivity index (χ4v) is 4.98. The summed E-state index contributed by atoms with van der Waals surface area (Å²) in [6.45, 7) is 8.79. The zero-order valence-electron chi connectivity index (χ0n) is 19.5. The number of halogens is 1. The molecule has 1 aliphatic rings. The summed E-state index contributed by atoms with van der Waals surface area (Å²) in [5.74, 6) is 2.38. The lowest BCUT2D eigenvalue weighted by molar-refractivity contribution is 0.175. The van der Waals surface area contributed by atoms with Gasteiger partial charge in [0.05, 0.1) is 19.7 Å². The van der Waals surface area contributed by atoms with E-state index >= 15 is 0 Å². The fraction of sp³-hybridized carbons (Fsp3) is 0.462. The summed E-state index contributed by atoms with van der Waals surface area (Å²) in [6.07, 6.45) is 3.40. The number of rotatable bonds is 9. The molecule has 2 aromatic carbocycles. The molecule has 0 saturated carbocycles. The number of hydrogen-bond donors (Lipinski definition) is 0. The van der Waals surface area contributed by atoms with Crippen LogP contribution in [0.25, 0.3) is 0 Å². The van der Waals surface area contributed by atoms with E-state index in [0.29, 0.717) is 25.6 Å². The minimum atomic E-state index is -0.0229. The maximum absolute atomic E-state index is 12.9. The van der Waals surface area contributed by atoms with Gasteiger partial charge >= 0.3 is 5.69 Å². The van der Waals surface area contributed by atoms with Crippen molar-refractivity contribution in [3.05, 3.63) is 80.4 Å². The minimum absolute atomic E-state index is 0.0229. The number of benzene rings is 2. The smallest absolute Gasteiger partial charge is 0.346 e. The standard InChI is InChI=1S/C26H33BrN4O2/c1-3-33-24-9-10-25(27)23(18-24)17-21-11-13-29(14-12-21)15-16-31-26(32)30(20(2)28-31)19-22-7-5-4-6-8-22/h4-10,18,21H,3,11-17,19H2,1-2H3. The van der Waals surface area contributed by atoms with Crippen LogP contribution in [0.5, 0.6) is 5.75 Å². The van der Waals surface area contributed by atoms with E-state index < -0.39 is 0 Å². The van der Waals surface area contributed by atoms with Crippen LogP contribution in [0, 0.1) is 12.8 Å². The Balaban J connectivity index is 1.28. The molecule has 1 saturated heterocycles. The topological polar surface area (TPSA) is 52.3 Å². The second-order valence-corrected chi connectivity index (χ2v) is 9.65. The Kier molecular flexibility index (Phi) is 8.04. The van der Waals surface area contributed by atoms with Crippen molar-refractivity contribution in [3.8, 4) is 5.75 Å². The van der Waals surface area contributed by atoms with Crippen molar-refractivity contribution in [2.24, 2.45) is 5.92 Å². The molecule has 176 valence electrons. The number of aryl methyl sites for hydroxylation is 1. The Labute approximate surface area is 204 Å².